The Morgan fingerprint density at radius 2 is 2.00 bits per heavy atom. The molecule has 0 aliphatic rings. The number of hydrogen-bond donors (Lipinski definition) is 0. The van der Waals surface area contributed by atoms with Crippen molar-refractivity contribution < 1.29 is 23.6 Å². The first-order valence-corrected chi connectivity index (χ1v) is 12.5. The number of hydrogen-bond acceptors (Lipinski definition) is 9. The molecule has 0 spiro atoms. The highest BCUT2D eigenvalue weighted by molar-refractivity contribution is 9.10. The monoisotopic (exact) mass is 590 g/mol. The summed E-state index contributed by atoms with van der Waals surface area (Å²) in [5.41, 5.74) is 0.329. The number of rotatable bonds is 8. The van der Waals surface area contributed by atoms with E-state index in [-0.39, 0.29) is 29.4 Å². The lowest BCUT2D eigenvalue weighted by Gasteiger charge is -2.10. The Labute approximate surface area is 228 Å². The Balaban J connectivity index is 1.65. The smallest absolute Gasteiger partial charge is 0.344 e. The number of esters is 1. The van der Waals surface area contributed by atoms with Gasteiger partial charge in [0.25, 0.3) is 5.56 Å². The molecule has 2 aromatic heterocycles. The molecule has 39 heavy (non-hydrogen) atoms. The van der Waals surface area contributed by atoms with E-state index in [4.69, 9.17) is 13.9 Å². The summed E-state index contributed by atoms with van der Waals surface area (Å²) in [7, 11) is 0. The van der Waals surface area contributed by atoms with E-state index in [0.717, 1.165) is 14.5 Å². The lowest BCUT2D eigenvalue weighted by Crippen LogP contribution is -2.20. The number of halogens is 1. The van der Waals surface area contributed by atoms with Crippen molar-refractivity contribution in [2.45, 2.75) is 6.92 Å². The summed E-state index contributed by atoms with van der Waals surface area (Å²) in [6, 6.07) is 18.2. The van der Waals surface area contributed by atoms with E-state index in [1.165, 1.54) is 24.4 Å². The van der Waals surface area contributed by atoms with Crippen LogP contribution in [0.4, 0.5) is 5.69 Å². The molecule has 5 aromatic rings. The average molecular weight is 591 g/mol. The van der Waals surface area contributed by atoms with Gasteiger partial charge in [0.05, 0.1) is 28.6 Å². The molecule has 0 saturated heterocycles. The third-order valence-electron chi connectivity index (χ3n) is 5.63. The fourth-order valence-electron chi connectivity index (χ4n) is 3.91. The zero-order chi connectivity index (χ0) is 27.5. The SMILES string of the molecule is CCOC(=O)COc1c(C=Nn2c(-c3cc4cc(Br)ccc4o3)nc3ccccc3c2=O)cccc1[N+](=O)[O-]. The number of ether oxygens (including phenoxy) is 2. The quantitative estimate of drug-likeness (QED) is 0.103. The minimum atomic E-state index is -0.688. The van der Waals surface area contributed by atoms with Gasteiger partial charge in [0, 0.05) is 21.5 Å². The van der Waals surface area contributed by atoms with Crippen molar-refractivity contribution in [3.63, 3.8) is 0 Å². The number of carbonyl (C=O) groups excluding carboxylic acids is 1. The Bertz CT molecular complexity index is 1830. The zero-order valence-electron chi connectivity index (χ0n) is 20.4. The van der Waals surface area contributed by atoms with Gasteiger partial charge in [-0.2, -0.15) is 9.78 Å². The first kappa shape index (κ1) is 25.8. The summed E-state index contributed by atoms with van der Waals surface area (Å²) >= 11 is 3.44. The third-order valence-corrected chi connectivity index (χ3v) is 6.12. The molecule has 0 amide bonds. The number of nitrogens with zero attached hydrogens (tertiary/aromatic N) is 4. The molecule has 0 saturated carbocycles. The summed E-state index contributed by atoms with van der Waals surface area (Å²) in [6.45, 7) is 1.22. The fourth-order valence-corrected chi connectivity index (χ4v) is 4.29. The third kappa shape index (κ3) is 5.27. The maximum atomic E-state index is 13.5. The van der Waals surface area contributed by atoms with Gasteiger partial charge < -0.3 is 13.9 Å². The van der Waals surface area contributed by atoms with Gasteiger partial charge in [0.15, 0.2) is 12.4 Å². The molecule has 0 radical (unpaired) electrons. The van der Waals surface area contributed by atoms with Crippen LogP contribution in [0.5, 0.6) is 5.75 Å². The first-order chi connectivity index (χ1) is 18.9. The second kappa shape index (κ2) is 10.9. The number of carbonyl (C=O) groups is 1. The van der Waals surface area contributed by atoms with Crippen molar-refractivity contribution in [1.29, 1.82) is 0 Å². The molecule has 196 valence electrons. The molecule has 2 heterocycles. The van der Waals surface area contributed by atoms with Crippen molar-refractivity contribution in [1.82, 2.24) is 9.66 Å². The Morgan fingerprint density at radius 3 is 2.79 bits per heavy atom. The van der Waals surface area contributed by atoms with E-state index >= 15 is 0 Å². The van der Waals surface area contributed by atoms with Crippen LogP contribution in [0.1, 0.15) is 12.5 Å². The van der Waals surface area contributed by atoms with E-state index in [0.29, 0.717) is 22.2 Å². The molecule has 5 rings (SSSR count). The van der Waals surface area contributed by atoms with E-state index in [1.54, 1.807) is 43.3 Å². The van der Waals surface area contributed by atoms with Crippen molar-refractivity contribution >= 4 is 55.7 Å². The highest BCUT2D eigenvalue weighted by atomic mass is 79.9. The topological polar surface area (TPSA) is 139 Å². The minimum absolute atomic E-state index is 0.127. The number of fused-ring (bicyclic) bond motifs is 2. The summed E-state index contributed by atoms with van der Waals surface area (Å²) in [5.74, 6) is -0.467. The number of nitro benzene ring substituents is 1. The van der Waals surface area contributed by atoms with Crippen molar-refractivity contribution in [3.8, 4) is 17.3 Å². The van der Waals surface area contributed by atoms with Gasteiger partial charge in [-0.3, -0.25) is 14.9 Å². The highest BCUT2D eigenvalue weighted by Gasteiger charge is 2.21. The number of para-hydroxylation sites is 2. The van der Waals surface area contributed by atoms with Crippen LogP contribution in [-0.2, 0) is 9.53 Å². The van der Waals surface area contributed by atoms with Gasteiger partial charge in [-0.15, -0.1) is 0 Å². The molecule has 0 aliphatic carbocycles. The van der Waals surface area contributed by atoms with Crippen molar-refractivity contribution in [2.75, 3.05) is 13.2 Å². The zero-order valence-corrected chi connectivity index (χ0v) is 22.0. The second-order valence-electron chi connectivity index (χ2n) is 8.15. The molecule has 0 atom stereocenters. The minimum Gasteiger partial charge on any atom is -0.474 e. The molecular formula is C27H19BrN4O7. The summed E-state index contributed by atoms with van der Waals surface area (Å²) in [5, 5.41) is 17.1. The van der Waals surface area contributed by atoms with Crippen LogP contribution in [-0.4, -0.2) is 40.0 Å². The van der Waals surface area contributed by atoms with Crippen LogP contribution in [0.3, 0.4) is 0 Å². The molecule has 0 bridgehead atoms. The predicted octanol–water partition coefficient (Wildman–Crippen LogP) is 5.30. The number of benzene rings is 3. The number of nitro groups is 1. The molecular weight excluding hydrogens is 572 g/mol. The molecule has 0 fully saturated rings. The molecule has 11 nitrogen and oxygen atoms in total. The standard InChI is InChI=1S/C27H19BrN4O7/c1-2-37-24(33)15-38-25-16(6-5-9-21(25)32(35)36)14-29-31-26(30-20-8-4-3-7-19(20)27(31)34)23-13-17-12-18(28)10-11-22(17)39-23/h3-14H,2,15H2,1H3. The predicted molar refractivity (Wildman–Crippen MR) is 147 cm³/mol. The molecule has 3 aromatic carbocycles. The van der Waals surface area contributed by atoms with E-state index in [1.807, 2.05) is 12.1 Å². The number of furan rings is 1. The van der Waals surface area contributed by atoms with E-state index in [2.05, 4.69) is 26.0 Å². The lowest BCUT2D eigenvalue weighted by molar-refractivity contribution is -0.385. The molecule has 0 unspecified atom stereocenters. The molecule has 12 heteroatoms. The van der Waals surface area contributed by atoms with Gasteiger partial charge in [0.2, 0.25) is 11.6 Å². The number of aromatic nitrogens is 2. The maximum Gasteiger partial charge on any atom is 0.344 e. The molecule has 0 aliphatic heterocycles. The van der Waals surface area contributed by atoms with E-state index < -0.39 is 23.1 Å². The van der Waals surface area contributed by atoms with Crippen LogP contribution in [0.25, 0.3) is 33.5 Å². The van der Waals surface area contributed by atoms with Crippen molar-refractivity contribution in [2.24, 2.45) is 5.10 Å². The first-order valence-electron chi connectivity index (χ1n) is 11.7. The maximum absolute atomic E-state index is 13.5. The van der Waals surface area contributed by atoms with Gasteiger partial charge in [0.1, 0.15) is 5.58 Å². The normalized spacial score (nSPS) is 11.3. The van der Waals surface area contributed by atoms with Crippen LogP contribution >= 0.6 is 15.9 Å². The van der Waals surface area contributed by atoms with Crippen LogP contribution in [0.15, 0.2) is 85.5 Å². The Kier molecular flexibility index (Phi) is 7.19. The van der Waals surface area contributed by atoms with Crippen molar-refractivity contribution in [3.05, 3.63) is 97.2 Å². The van der Waals surface area contributed by atoms with Crippen LogP contribution in [0.2, 0.25) is 0 Å². The largest absolute Gasteiger partial charge is 0.474 e. The Morgan fingerprint density at radius 1 is 1.18 bits per heavy atom. The second-order valence-corrected chi connectivity index (χ2v) is 9.07. The average Bonchev–Trinajstić information content (AvgIpc) is 3.34. The summed E-state index contributed by atoms with van der Waals surface area (Å²) in [4.78, 5) is 41.0. The van der Waals surface area contributed by atoms with Gasteiger partial charge in [-0.1, -0.05) is 34.1 Å². The van der Waals surface area contributed by atoms with Crippen LogP contribution in [0, 0.1) is 10.1 Å². The van der Waals surface area contributed by atoms with Gasteiger partial charge >= 0.3 is 11.7 Å². The summed E-state index contributed by atoms with van der Waals surface area (Å²) < 4.78 is 18.2. The van der Waals surface area contributed by atoms with E-state index in [9.17, 15) is 19.7 Å². The highest BCUT2D eigenvalue weighted by Crippen LogP contribution is 2.31. The fraction of sp³-hybridized carbons (Fsp3) is 0.111. The molecule has 0 N–H and O–H groups in total. The lowest BCUT2D eigenvalue weighted by atomic mass is 10.2. The summed E-state index contributed by atoms with van der Waals surface area (Å²) in [6.07, 6.45) is 1.23. The van der Waals surface area contributed by atoms with Gasteiger partial charge in [-0.25, -0.2) is 9.78 Å². The van der Waals surface area contributed by atoms with Gasteiger partial charge in [-0.05, 0) is 49.4 Å². The Hall–Kier alpha value is -4.84. The van der Waals surface area contributed by atoms with Crippen LogP contribution < -0.4 is 10.3 Å².